The van der Waals surface area contributed by atoms with Gasteiger partial charge in [-0.05, 0) is 59.8 Å². The zero-order chi connectivity index (χ0) is 15.2. The molecule has 4 heteroatoms. The summed E-state index contributed by atoms with van der Waals surface area (Å²) in [6.07, 6.45) is 6.93. The van der Waals surface area contributed by atoms with Crippen molar-refractivity contribution >= 4 is 6.09 Å². The van der Waals surface area contributed by atoms with Crippen LogP contribution in [0.4, 0.5) is 4.79 Å². The molecule has 1 saturated carbocycles. The van der Waals surface area contributed by atoms with Crippen molar-refractivity contribution in [2.75, 3.05) is 6.54 Å². The van der Waals surface area contributed by atoms with Gasteiger partial charge in [-0.3, -0.25) is 0 Å². The highest BCUT2D eigenvalue weighted by Crippen LogP contribution is 2.31. The molecule has 2 N–H and O–H groups in total. The zero-order valence-corrected chi connectivity index (χ0v) is 13.4. The summed E-state index contributed by atoms with van der Waals surface area (Å²) in [6, 6.07) is 0.436. The molecule has 1 amide bonds. The van der Waals surface area contributed by atoms with Gasteiger partial charge in [0.2, 0.25) is 0 Å². The number of hydrogen-bond donors (Lipinski definition) is 2. The Morgan fingerprint density at radius 3 is 2.55 bits per heavy atom. The van der Waals surface area contributed by atoms with E-state index in [9.17, 15) is 4.79 Å². The first kappa shape index (κ1) is 17.0. The van der Waals surface area contributed by atoms with Crippen LogP contribution in [0.25, 0.3) is 0 Å². The zero-order valence-electron chi connectivity index (χ0n) is 13.4. The molecule has 1 atom stereocenters. The Morgan fingerprint density at radius 1 is 1.45 bits per heavy atom. The summed E-state index contributed by atoms with van der Waals surface area (Å²) in [6.45, 7) is 12.4. The second-order valence-corrected chi connectivity index (χ2v) is 6.91. The SMILES string of the molecule is C=CCCC(C)NCC1(NC(=O)OC(C)(C)C)CCC1. The maximum Gasteiger partial charge on any atom is 0.408 e. The van der Waals surface area contributed by atoms with Gasteiger partial charge in [0, 0.05) is 12.6 Å². The van der Waals surface area contributed by atoms with Crippen LogP contribution in [-0.2, 0) is 4.74 Å². The van der Waals surface area contributed by atoms with E-state index in [4.69, 9.17) is 4.74 Å². The van der Waals surface area contributed by atoms with E-state index >= 15 is 0 Å². The van der Waals surface area contributed by atoms with Gasteiger partial charge in [-0.2, -0.15) is 0 Å². The van der Waals surface area contributed by atoms with Gasteiger partial charge in [0.05, 0.1) is 5.54 Å². The Bertz CT molecular complexity index is 330. The second-order valence-electron chi connectivity index (χ2n) is 6.91. The second kappa shape index (κ2) is 7.11. The highest BCUT2D eigenvalue weighted by Gasteiger charge is 2.39. The van der Waals surface area contributed by atoms with E-state index < -0.39 is 5.60 Å². The lowest BCUT2D eigenvalue weighted by molar-refractivity contribution is 0.0379. The third-order valence-electron chi connectivity index (χ3n) is 3.67. The van der Waals surface area contributed by atoms with E-state index in [-0.39, 0.29) is 11.6 Å². The van der Waals surface area contributed by atoms with Crippen LogP contribution in [0.15, 0.2) is 12.7 Å². The van der Waals surface area contributed by atoms with Crippen LogP contribution in [0.3, 0.4) is 0 Å². The van der Waals surface area contributed by atoms with Crippen molar-refractivity contribution in [3.8, 4) is 0 Å². The minimum atomic E-state index is -0.445. The Morgan fingerprint density at radius 2 is 2.10 bits per heavy atom. The highest BCUT2D eigenvalue weighted by atomic mass is 16.6. The van der Waals surface area contributed by atoms with Gasteiger partial charge in [-0.25, -0.2) is 4.79 Å². The summed E-state index contributed by atoms with van der Waals surface area (Å²) in [5, 5.41) is 6.56. The third-order valence-corrected chi connectivity index (χ3v) is 3.67. The van der Waals surface area contributed by atoms with Crippen molar-refractivity contribution in [3.63, 3.8) is 0 Å². The Labute approximate surface area is 123 Å². The van der Waals surface area contributed by atoms with Crippen LogP contribution >= 0.6 is 0 Å². The van der Waals surface area contributed by atoms with Crippen LogP contribution < -0.4 is 10.6 Å². The number of amides is 1. The van der Waals surface area contributed by atoms with Crippen molar-refractivity contribution in [3.05, 3.63) is 12.7 Å². The predicted octanol–water partition coefficient (Wildman–Crippen LogP) is 3.38. The minimum Gasteiger partial charge on any atom is -0.444 e. The standard InChI is InChI=1S/C16H30N2O2/c1-6-7-9-13(2)17-12-16(10-8-11-16)18-14(19)20-15(3,4)5/h6,13,17H,1,7-12H2,2-5H3,(H,18,19). The fourth-order valence-electron chi connectivity index (χ4n) is 2.31. The minimum absolute atomic E-state index is 0.120. The first-order valence-electron chi connectivity index (χ1n) is 7.62. The average molecular weight is 282 g/mol. The summed E-state index contributed by atoms with van der Waals surface area (Å²) in [7, 11) is 0. The smallest absolute Gasteiger partial charge is 0.408 e. The summed E-state index contributed by atoms with van der Waals surface area (Å²) < 4.78 is 5.35. The first-order chi connectivity index (χ1) is 9.26. The molecule has 20 heavy (non-hydrogen) atoms. The molecule has 0 aliphatic heterocycles. The molecule has 0 aromatic carbocycles. The molecule has 116 valence electrons. The molecule has 1 unspecified atom stereocenters. The van der Waals surface area contributed by atoms with Gasteiger partial charge < -0.3 is 15.4 Å². The van der Waals surface area contributed by atoms with E-state index in [1.54, 1.807) is 0 Å². The summed E-state index contributed by atoms with van der Waals surface area (Å²) in [5.74, 6) is 0. The Kier molecular flexibility index (Phi) is 6.06. The molecule has 0 heterocycles. The van der Waals surface area contributed by atoms with Crippen molar-refractivity contribution < 1.29 is 9.53 Å². The number of alkyl carbamates (subject to hydrolysis) is 1. The van der Waals surface area contributed by atoms with E-state index in [2.05, 4.69) is 24.1 Å². The molecule has 4 nitrogen and oxygen atoms in total. The summed E-state index contributed by atoms with van der Waals surface area (Å²) in [4.78, 5) is 11.9. The molecule has 1 aliphatic rings. The normalized spacial score (nSPS) is 18.8. The quantitative estimate of drug-likeness (QED) is 0.704. The molecular formula is C16H30N2O2. The Hall–Kier alpha value is -1.03. The van der Waals surface area contributed by atoms with Crippen LogP contribution in [0.1, 0.15) is 59.8 Å². The van der Waals surface area contributed by atoms with Crippen LogP contribution in [0.2, 0.25) is 0 Å². The number of hydrogen-bond acceptors (Lipinski definition) is 3. The van der Waals surface area contributed by atoms with E-state index in [1.807, 2.05) is 26.8 Å². The summed E-state index contributed by atoms with van der Waals surface area (Å²) >= 11 is 0. The molecule has 0 radical (unpaired) electrons. The molecule has 0 saturated heterocycles. The first-order valence-corrected chi connectivity index (χ1v) is 7.62. The largest absolute Gasteiger partial charge is 0.444 e. The fraction of sp³-hybridized carbons (Fsp3) is 0.812. The summed E-state index contributed by atoms with van der Waals surface area (Å²) in [5.41, 5.74) is -0.565. The highest BCUT2D eigenvalue weighted by molar-refractivity contribution is 5.69. The van der Waals surface area contributed by atoms with Gasteiger partial charge in [0.15, 0.2) is 0 Å². The van der Waals surface area contributed by atoms with Crippen molar-refractivity contribution in [1.82, 2.24) is 10.6 Å². The fourth-order valence-corrected chi connectivity index (χ4v) is 2.31. The molecule has 0 aromatic rings. The number of allylic oxidation sites excluding steroid dienone is 1. The monoisotopic (exact) mass is 282 g/mol. The number of carbonyl (C=O) groups is 1. The molecule has 0 bridgehead atoms. The predicted molar refractivity (Wildman–Crippen MR) is 82.8 cm³/mol. The van der Waals surface area contributed by atoms with Gasteiger partial charge >= 0.3 is 6.09 Å². The maximum absolute atomic E-state index is 11.9. The van der Waals surface area contributed by atoms with Crippen LogP contribution in [0, 0.1) is 0 Å². The van der Waals surface area contributed by atoms with Crippen molar-refractivity contribution in [2.24, 2.45) is 0 Å². The number of ether oxygens (including phenoxy) is 1. The van der Waals surface area contributed by atoms with Crippen LogP contribution in [0.5, 0.6) is 0 Å². The Balaban J connectivity index is 2.39. The van der Waals surface area contributed by atoms with Gasteiger partial charge in [-0.15, -0.1) is 6.58 Å². The number of rotatable bonds is 7. The number of nitrogens with one attached hydrogen (secondary N) is 2. The maximum atomic E-state index is 11.9. The lowest BCUT2D eigenvalue weighted by Gasteiger charge is -2.43. The van der Waals surface area contributed by atoms with Crippen molar-refractivity contribution in [1.29, 1.82) is 0 Å². The third kappa shape index (κ3) is 5.95. The van der Waals surface area contributed by atoms with E-state index in [0.717, 1.165) is 32.2 Å². The van der Waals surface area contributed by atoms with Gasteiger partial charge in [0.1, 0.15) is 5.60 Å². The topological polar surface area (TPSA) is 50.4 Å². The molecule has 1 aliphatic carbocycles. The molecule has 1 fully saturated rings. The van der Waals surface area contributed by atoms with Crippen LogP contribution in [-0.4, -0.2) is 29.8 Å². The lowest BCUT2D eigenvalue weighted by atomic mass is 9.76. The van der Waals surface area contributed by atoms with Gasteiger partial charge in [-0.1, -0.05) is 6.08 Å². The molecule has 0 aromatic heterocycles. The lowest BCUT2D eigenvalue weighted by Crippen LogP contribution is -2.60. The van der Waals surface area contributed by atoms with E-state index in [1.165, 1.54) is 6.42 Å². The van der Waals surface area contributed by atoms with Gasteiger partial charge in [0.25, 0.3) is 0 Å². The number of carbonyl (C=O) groups excluding carboxylic acids is 1. The molecule has 1 rings (SSSR count). The average Bonchev–Trinajstić information content (AvgIpc) is 2.27. The van der Waals surface area contributed by atoms with Crippen molar-refractivity contribution in [2.45, 2.75) is 77.0 Å². The molecule has 0 spiro atoms. The van der Waals surface area contributed by atoms with E-state index in [0.29, 0.717) is 6.04 Å². The molecular weight excluding hydrogens is 252 g/mol.